The van der Waals surface area contributed by atoms with Gasteiger partial charge in [0.2, 0.25) is 0 Å². The highest BCUT2D eigenvalue weighted by Gasteiger charge is 1.93. The molecule has 0 aliphatic rings. The number of nitrogens with zero attached hydrogens (tertiary/aromatic N) is 1. The molecule has 0 spiro atoms. The van der Waals surface area contributed by atoms with Gasteiger partial charge in [-0.25, -0.2) is 0 Å². The highest BCUT2D eigenvalue weighted by atomic mass is 79.9. The molecule has 0 radical (unpaired) electrons. The Morgan fingerprint density at radius 3 is 1.21 bits per heavy atom. The second kappa shape index (κ2) is 25.2. The van der Waals surface area contributed by atoms with E-state index in [0.29, 0.717) is 0 Å². The van der Waals surface area contributed by atoms with Crippen LogP contribution in [0.5, 0.6) is 0 Å². The van der Waals surface area contributed by atoms with Gasteiger partial charge in [-0.15, -0.1) is 12.4 Å². The van der Waals surface area contributed by atoms with Crippen LogP contribution in [-0.4, -0.2) is 10.3 Å². The summed E-state index contributed by atoms with van der Waals surface area (Å²) >= 11 is 3.48. The fourth-order valence-corrected chi connectivity index (χ4v) is 3.00. The van der Waals surface area contributed by atoms with Crippen LogP contribution in [0.15, 0.2) is 30.6 Å². The monoisotopic (exact) mass is 419 g/mol. The fourth-order valence-electron chi connectivity index (χ4n) is 2.60. The minimum Gasteiger partial charge on any atom is -0.265 e. The highest BCUT2D eigenvalue weighted by Crippen LogP contribution is 2.12. The maximum Gasteiger partial charge on any atom is 0.0267 e. The van der Waals surface area contributed by atoms with Gasteiger partial charge in [-0.2, -0.15) is 0 Å². The number of hydrogen-bond acceptors (Lipinski definition) is 1. The molecule has 0 amide bonds. The van der Waals surface area contributed by atoms with Crippen molar-refractivity contribution >= 4 is 28.3 Å². The lowest BCUT2D eigenvalue weighted by Crippen LogP contribution is -1.83. The average Bonchev–Trinajstić information content (AvgIpc) is 2.61. The lowest BCUT2D eigenvalue weighted by molar-refractivity contribution is 0.538. The zero-order valence-electron chi connectivity index (χ0n) is 15.7. The molecule has 0 unspecified atom stereocenters. The zero-order chi connectivity index (χ0) is 16.8. The van der Waals surface area contributed by atoms with E-state index in [1.165, 1.54) is 95.2 Å². The molecule has 0 N–H and O–H groups in total. The summed E-state index contributed by atoms with van der Waals surface area (Å²) in [5, 5.41) is 1.19. The summed E-state index contributed by atoms with van der Waals surface area (Å²) in [5.41, 5.74) is 0. The first-order valence-corrected chi connectivity index (χ1v) is 10.9. The van der Waals surface area contributed by atoms with Crippen LogP contribution in [0.2, 0.25) is 0 Å². The summed E-state index contributed by atoms with van der Waals surface area (Å²) in [6.07, 6.45) is 23.8. The van der Waals surface area contributed by atoms with Gasteiger partial charge < -0.3 is 0 Å². The van der Waals surface area contributed by atoms with Crippen molar-refractivity contribution in [1.29, 1.82) is 0 Å². The minimum absolute atomic E-state index is 0. The molecule has 0 aliphatic heterocycles. The van der Waals surface area contributed by atoms with E-state index in [1.54, 1.807) is 12.4 Å². The topological polar surface area (TPSA) is 12.9 Å². The highest BCUT2D eigenvalue weighted by molar-refractivity contribution is 9.09. The molecule has 1 aromatic heterocycles. The number of aromatic nitrogens is 1. The molecule has 0 saturated carbocycles. The van der Waals surface area contributed by atoms with Crippen molar-refractivity contribution in [3.05, 3.63) is 30.6 Å². The Morgan fingerprint density at radius 2 is 0.958 bits per heavy atom. The number of alkyl halides is 1. The molecule has 142 valence electrons. The van der Waals surface area contributed by atoms with Crippen molar-refractivity contribution in [3.63, 3.8) is 0 Å². The van der Waals surface area contributed by atoms with Gasteiger partial charge in [0.1, 0.15) is 0 Å². The third-order valence-corrected chi connectivity index (χ3v) is 4.61. The van der Waals surface area contributed by atoms with Crippen LogP contribution in [0, 0.1) is 0 Å². The van der Waals surface area contributed by atoms with Gasteiger partial charge in [0.05, 0.1) is 0 Å². The molecule has 1 aromatic rings. The maximum atomic E-state index is 3.78. The van der Waals surface area contributed by atoms with E-state index in [4.69, 9.17) is 0 Å². The molecule has 1 heterocycles. The van der Waals surface area contributed by atoms with Crippen molar-refractivity contribution in [3.8, 4) is 0 Å². The molecular weight excluding hydrogens is 382 g/mol. The molecule has 1 rings (SSSR count). The largest absolute Gasteiger partial charge is 0.265 e. The van der Waals surface area contributed by atoms with Gasteiger partial charge in [0.25, 0.3) is 0 Å². The normalized spacial score (nSPS) is 9.75. The quantitative estimate of drug-likeness (QED) is 0.217. The Balaban J connectivity index is 0. The van der Waals surface area contributed by atoms with Gasteiger partial charge in [-0.05, 0) is 18.6 Å². The van der Waals surface area contributed by atoms with Crippen molar-refractivity contribution in [2.75, 3.05) is 5.33 Å². The van der Waals surface area contributed by atoms with Crippen molar-refractivity contribution < 1.29 is 0 Å². The van der Waals surface area contributed by atoms with E-state index < -0.39 is 0 Å². The predicted octanol–water partition coefficient (Wildman–Crippen LogP) is 8.37. The molecule has 0 atom stereocenters. The summed E-state index contributed by atoms with van der Waals surface area (Å²) in [5.74, 6) is 0. The summed E-state index contributed by atoms with van der Waals surface area (Å²) < 4.78 is 0. The lowest BCUT2D eigenvalue weighted by atomic mass is 10.0. The summed E-state index contributed by atoms with van der Waals surface area (Å²) in [6.45, 7) is 2.29. The second-order valence-electron chi connectivity index (χ2n) is 6.31. The number of unbranched alkanes of at least 4 members (excludes halogenated alkanes) is 13. The van der Waals surface area contributed by atoms with Crippen LogP contribution in [0.3, 0.4) is 0 Å². The van der Waals surface area contributed by atoms with E-state index in [1.807, 2.05) is 18.2 Å². The maximum absolute atomic E-state index is 3.78. The Bertz CT molecular complexity index is 254. The third-order valence-electron chi connectivity index (χ3n) is 4.05. The number of halogens is 2. The second-order valence-corrected chi connectivity index (χ2v) is 7.10. The van der Waals surface area contributed by atoms with Crippen molar-refractivity contribution in [1.82, 2.24) is 4.98 Å². The first-order chi connectivity index (χ1) is 11.4. The number of pyridine rings is 1. The first-order valence-electron chi connectivity index (χ1n) is 9.82. The predicted molar refractivity (Wildman–Crippen MR) is 116 cm³/mol. The molecule has 0 fully saturated rings. The zero-order valence-corrected chi connectivity index (χ0v) is 18.1. The molecule has 0 saturated heterocycles. The molecule has 0 aliphatic carbocycles. The smallest absolute Gasteiger partial charge is 0.0267 e. The summed E-state index contributed by atoms with van der Waals surface area (Å²) in [7, 11) is 0. The Kier molecular flexibility index (Phi) is 27.4. The van der Waals surface area contributed by atoms with E-state index >= 15 is 0 Å². The summed E-state index contributed by atoms with van der Waals surface area (Å²) in [4.78, 5) is 3.78. The molecule has 1 nitrogen and oxygen atoms in total. The van der Waals surface area contributed by atoms with Crippen LogP contribution >= 0.6 is 28.3 Å². The van der Waals surface area contributed by atoms with Crippen LogP contribution in [-0.2, 0) is 0 Å². The fraction of sp³-hybridized carbons (Fsp3) is 0.762. The van der Waals surface area contributed by atoms with Gasteiger partial charge in [-0.3, -0.25) is 4.98 Å². The minimum atomic E-state index is 0. The van der Waals surface area contributed by atoms with Crippen molar-refractivity contribution in [2.45, 2.75) is 96.8 Å². The molecule has 3 heteroatoms. The van der Waals surface area contributed by atoms with Gasteiger partial charge >= 0.3 is 0 Å². The standard InChI is InChI=1S/C16H33Br.C5H5N.ClH/c1-2-3-4-5-6-7-8-9-10-11-12-13-14-15-16-17;1-2-4-6-5-3-1;/h2-16H2,1H3;1-5H;1H. The molecule has 0 aromatic carbocycles. The van der Waals surface area contributed by atoms with Crippen LogP contribution in [0.1, 0.15) is 96.8 Å². The average molecular weight is 421 g/mol. The Morgan fingerprint density at radius 1 is 0.583 bits per heavy atom. The summed E-state index contributed by atoms with van der Waals surface area (Å²) in [6, 6.07) is 5.72. The first kappa shape index (κ1) is 26.2. The van der Waals surface area contributed by atoms with Crippen LogP contribution in [0.4, 0.5) is 0 Å². The van der Waals surface area contributed by atoms with Gasteiger partial charge in [0.15, 0.2) is 0 Å². The van der Waals surface area contributed by atoms with Crippen LogP contribution < -0.4 is 0 Å². The van der Waals surface area contributed by atoms with E-state index in [9.17, 15) is 0 Å². The number of hydrogen-bond donors (Lipinski definition) is 0. The van der Waals surface area contributed by atoms with Gasteiger partial charge in [-0.1, -0.05) is 112 Å². The van der Waals surface area contributed by atoms with E-state index in [2.05, 4.69) is 27.8 Å². The lowest BCUT2D eigenvalue weighted by Gasteiger charge is -2.02. The number of rotatable bonds is 14. The molecule has 0 bridgehead atoms. The van der Waals surface area contributed by atoms with Crippen LogP contribution in [0.25, 0.3) is 0 Å². The Labute approximate surface area is 166 Å². The van der Waals surface area contributed by atoms with E-state index in [0.717, 1.165) is 0 Å². The Hall–Kier alpha value is -0.0800. The molecule has 24 heavy (non-hydrogen) atoms. The third kappa shape index (κ3) is 24.2. The van der Waals surface area contributed by atoms with Crippen molar-refractivity contribution in [2.24, 2.45) is 0 Å². The molecular formula is C21H39BrClN. The van der Waals surface area contributed by atoms with Gasteiger partial charge in [0, 0.05) is 17.7 Å². The van der Waals surface area contributed by atoms with E-state index in [-0.39, 0.29) is 12.4 Å². The SMILES string of the molecule is CCCCCCCCCCCCCCCCBr.Cl.c1ccncc1.